The molecule has 0 fully saturated rings. The molecular formula is C17H21N5O4S. The lowest BCUT2D eigenvalue weighted by Gasteiger charge is -2.29. The van der Waals surface area contributed by atoms with Crippen LogP contribution in [0.1, 0.15) is 16.8 Å². The summed E-state index contributed by atoms with van der Waals surface area (Å²) >= 11 is 1.10. The number of hydrogen-bond donors (Lipinski definition) is 1. The van der Waals surface area contributed by atoms with Gasteiger partial charge in [-0.25, -0.2) is 0 Å². The van der Waals surface area contributed by atoms with Gasteiger partial charge in [0.05, 0.1) is 20.0 Å². The zero-order valence-electron chi connectivity index (χ0n) is 15.4. The number of amides is 1. The van der Waals surface area contributed by atoms with Gasteiger partial charge in [-0.3, -0.25) is 9.59 Å². The van der Waals surface area contributed by atoms with Crippen LogP contribution in [0.15, 0.2) is 22.1 Å². The Morgan fingerprint density at radius 1 is 1.22 bits per heavy atom. The second-order valence-electron chi connectivity index (χ2n) is 6.07. The van der Waals surface area contributed by atoms with Crippen molar-refractivity contribution in [3.63, 3.8) is 0 Å². The number of aryl methyl sites for hydroxylation is 1. The standard InChI is InChI=1S/C17H21N5O4S/c1-10-16(24)22(18)17(20-19-10)27-9-15(23)21-5-4-11-6-13(25-2)14(26-3)7-12(11)8-21/h6-7H,4-5,8-9,18H2,1-3H3. The summed E-state index contributed by atoms with van der Waals surface area (Å²) in [5, 5.41) is 7.85. The summed E-state index contributed by atoms with van der Waals surface area (Å²) in [5.41, 5.74) is 1.96. The van der Waals surface area contributed by atoms with Gasteiger partial charge in [-0.15, -0.1) is 10.2 Å². The number of methoxy groups -OCH3 is 2. The van der Waals surface area contributed by atoms with E-state index in [1.54, 1.807) is 19.1 Å². The Balaban J connectivity index is 1.69. The molecule has 1 aromatic heterocycles. The molecule has 0 saturated carbocycles. The molecule has 2 N–H and O–H groups in total. The second-order valence-corrected chi connectivity index (χ2v) is 7.02. The highest BCUT2D eigenvalue weighted by Gasteiger charge is 2.23. The van der Waals surface area contributed by atoms with Crippen molar-refractivity contribution in [3.8, 4) is 11.5 Å². The van der Waals surface area contributed by atoms with E-state index >= 15 is 0 Å². The van der Waals surface area contributed by atoms with Gasteiger partial charge in [-0.1, -0.05) is 11.8 Å². The molecule has 0 radical (unpaired) electrons. The Bertz CT molecular complexity index is 930. The van der Waals surface area contributed by atoms with Crippen LogP contribution in [0, 0.1) is 6.92 Å². The Labute approximate surface area is 160 Å². The SMILES string of the molecule is COc1cc2c(cc1OC)CN(C(=O)CSc1nnc(C)c(=O)n1N)CC2. The number of nitrogens with two attached hydrogens (primary N) is 1. The number of benzene rings is 1. The van der Waals surface area contributed by atoms with Gasteiger partial charge in [0.2, 0.25) is 11.1 Å². The molecule has 1 amide bonds. The summed E-state index contributed by atoms with van der Waals surface area (Å²) in [6, 6.07) is 3.86. The molecule has 0 bridgehead atoms. The quantitative estimate of drug-likeness (QED) is 0.574. The van der Waals surface area contributed by atoms with Crippen molar-refractivity contribution < 1.29 is 14.3 Å². The number of nitrogens with zero attached hydrogens (tertiary/aromatic N) is 4. The Hall–Kier alpha value is -2.75. The van der Waals surface area contributed by atoms with Gasteiger partial charge in [-0.2, -0.15) is 4.68 Å². The van der Waals surface area contributed by atoms with Crippen LogP contribution < -0.4 is 20.9 Å². The highest BCUT2D eigenvalue weighted by Crippen LogP contribution is 2.33. The van der Waals surface area contributed by atoms with Crippen molar-refractivity contribution in [1.82, 2.24) is 19.8 Å². The fraction of sp³-hybridized carbons (Fsp3) is 0.412. The van der Waals surface area contributed by atoms with Crippen molar-refractivity contribution in [1.29, 1.82) is 0 Å². The number of carbonyl (C=O) groups excluding carboxylic acids is 1. The normalized spacial score (nSPS) is 13.2. The highest BCUT2D eigenvalue weighted by molar-refractivity contribution is 7.99. The van der Waals surface area contributed by atoms with Gasteiger partial charge in [0, 0.05) is 13.1 Å². The Kier molecular flexibility index (Phi) is 5.54. The van der Waals surface area contributed by atoms with E-state index in [-0.39, 0.29) is 22.5 Å². The molecule has 1 aliphatic rings. The van der Waals surface area contributed by atoms with E-state index in [1.165, 1.54) is 6.92 Å². The molecule has 0 atom stereocenters. The molecule has 9 nitrogen and oxygen atoms in total. The molecule has 10 heteroatoms. The number of fused-ring (bicyclic) bond motifs is 1. The number of nitrogen functional groups attached to an aromatic ring is 1. The van der Waals surface area contributed by atoms with Crippen LogP contribution in [0.5, 0.6) is 11.5 Å². The monoisotopic (exact) mass is 391 g/mol. The van der Waals surface area contributed by atoms with Crippen LogP contribution in [-0.4, -0.2) is 52.2 Å². The van der Waals surface area contributed by atoms with Crippen LogP contribution >= 0.6 is 11.8 Å². The summed E-state index contributed by atoms with van der Waals surface area (Å²) < 4.78 is 11.6. The van der Waals surface area contributed by atoms with Crippen LogP contribution in [0.4, 0.5) is 0 Å². The first-order valence-corrected chi connectivity index (χ1v) is 9.29. The van der Waals surface area contributed by atoms with Crippen molar-refractivity contribution in [2.75, 3.05) is 32.4 Å². The van der Waals surface area contributed by atoms with Crippen molar-refractivity contribution in [3.05, 3.63) is 39.3 Å². The fourth-order valence-electron chi connectivity index (χ4n) is 2.88. The van der Waals surface area contributed by atoms with Gasteiger partial charge in [-0.05, 0) is 36.6 Å². The topological polar surface area (TPSA) is 113 Å². The molecular weight excluding hydrogens is 370 g/mol. The van der Waals surface area contributed by atoms with Crippen LogP contribution in [0.3, 0.4) is 0 Å². The van der Waals surface area contributed by atoms with Crippen molar-refractivity contribution >= 4 is 17.7 Å². The van der Waals surface area contributed by atoms with E-state index < -0.39 is 5.56 Å². The van der Waals surface area contributed by atoms with Gasteiger partial charge in [0.1, 0.15) is 5.69 Å². The molecule has 0 spiro atoms. The molecule has 1 aliphatic heterocycles. The smallest absolute Gasteiger partial charge is 0.294 e. The minimum absolute atomic E-state index is 0.0599. The molecule has 0 unspecified atom stereocenters. The summed E-state index contributed by atoms with van der Waals surface area (Å²) in [4.78, 5) is 26.2. The fourth-order valence-corrected chi connectivity index (χ4v) is 3.64. The van der Waals surface area contributed by atoms with Crippen LogP contribution in [0.25, 0.3) is 0 Å². The maximum Gasteiger partial charge on any atom is 0.294 e. The minimum atomic E-state index is -0.423. The lowest BCUT2D eigenvalue weighted by atomic mass is 9.99. The average molecular weight is 391 g/mol. The van der Waals surface area contributed by atoms with E-state index in [4.69, 9.17) is 15.3 Å². The first-order chi connectivity index (χ1) is 12.9. The van der Waals surface area contributed by atoms with Crippen LogP contribution in [0.2, 0.25) is 0 Å². The number of hydrogen-bond acceptors (Lipinski definition) is 8. The lowest BCUT2D eigenvalue weighted by molar-refractivity contribution is -0.129. The third kappa shape index (κ3) is 3.85. The van der Waals surface area contributed by atoms with Crippen LogP contribution in [-0.2, 0) is 17.8 Å². The number of ether oxygens (including phenoxy) is 2. The number of aromatic nitrogens is 3. The van der Waals surface area contributed by atoms with E-state index in [0.29, 0.717) is 24.6 Å². The first-order valence-electron chi connectivity index (χ1n) is 8.30. The first kappa shape index (κ1) is 19.0. The largest absolute Gasteiger partial charge is 0.493 e. The molecule has 0 aliphatic carbocycles. The molecule has 27 heavy (non-hydrogen) atoms. The number of carbonyl (C=O) groups is 1. The Morgan fingerprint density at radius 2 is 1.89 bits per heavy atom. The summed E-state index contributed by atoms with van der Waals surface area (Å²) in [7, 11) is 3.19. The zero-order valence-corrected chi connectivity index (χ0v) is 16.2. The average Bonchev–Trinajstić information content (AvgIpc) is 2.69. The molecule has 144 valence electrons. The van der Waals surface area contributed by atoms with E-state index in [9.17, 15) is 9.59 Å². The number of rotatable bonds is 5. The molecule has 2 aromatic rings. The third-order valence-electron chi connectivity index (χ3n) is 4.42. The summed E-state index contributed by atoms with van der Waals surface area (Å²) in [6.45, 7) is 2.63. The second kappa shape index (κ2) is 7.87. The zero-order chi connectivity index (χ0) is 19.6. The summed E-state index contributed by atoms with van der Waals surface area (Å²) in [5.74, 6) is 7.09. The number of thioether (sulfide) groups is 1. The Morgan fingerprint density at radius 3 is 2.56 bits per heavy atom. The molecule has 0 saturated heterocycles. The van der Waals surface area contributed by atoms with E-state index in [1.807, 2.05) is 12.1 Å². The predicted molar refractivity (Wildman–Crippen MR) is 101 cm³/mol. The maximum atomic E-state index is 12.6. The predicted octanol–water partition coefficient (Wildman–Crippen LogP) is 0.355. The van der Waals surface area contributed by atoms with E-state index in [2.05, 4.69) is 10.2 Å². The maximum absolute atomic E-state index is 12.6. The molecule has 3 rings (SSSR count). The van der Waals surface area contributed by atoms with Gasteiger partial charge < -0.3 is 20.2 Å². The third-order valence-corrected chi connectivity index (χ3v) is 5.34. The minimum Gasteiger partial charge on any atom is -0.493 e. The molecule has 2 heterocycles. The van der Waals surface area contributed by atoms with E-state index in [0.717, 1.165) is 34.0 Å². The summed E-state index contributed by atoms with van der Waals surface area (Å²) in [6.07, 6.45) is 0.734. The lowest BCUT2D eigenvalue weighted by Crippen LogP contribution is -2.37. The highest BCUT2D eigenvalue weighted by atomic mass is 32.2. The van der Waals surface area contributed by atoms with Gasteiger partial charge >= 0.3 is 0 Å². The van der Waals surface area contributed by atoms with Gasteiger partial charge in [0.15, 0.2) is 11.5 Å². The van der Waals surface area contributed by atoms with Crippen molar-refractivity contribution in [2.24, 2.45) is 0 Å². The van der Waals surface area contributed by atoms with Gasteiger partial charge in [0.25, 0.3) is 5.56 Å². The molecule has 1 aromatic carbocycles. The van der Waals surface area contributed by atoms with Crippen molar-refractivity contribution in [2.45, 2.75) is 25.0 Å².